The largest absolute Gasteiger partial charge is 0.405 e. The highest BCUT2D eigenvalue weighted by atomic mass is 32.2. The van der Waals surface area contributed by atoms with Crippen LogP contribution >= 0.6 is 0 Å². The van der Waals surface area contributed by atoms with Crippen LogP contribution < -0.4 is 4.72 Å². The van der Waals surface area contributed by atoms with Crippen molar-refractivity contribution in [2.45, 2.75) is 31.6 Å². The highest BCUT2D eigenvalue weighted by molar-refractivity contribution is 7.87. The van der Waals surface area contributed by atoms with Crippen LogP contribution in [-0.2, 0) is 16.8 Å². The Balaban J connectivity index is 2.06. The maximum absolute atomic E-state index is 12.8. The van der Waals surface area contributed by atoms with E-state index >= 15 is 0 Å². The topological polar surface area (TPSA) is 49.4 Å². The van der Waals surface area contributed by atoms with E-state index in [1.807, 2.05) is 0 Å². The molecule has 1 heterocycles. The van der Waals surface area contributed by atoms with Gasteiger partial charge < -0.3 is 0 Å². The van der Waals surface area contributed by atoms with Crippen molar-refractivity contribution in [1.82, 2.24) is 9.03 Å². The summed E-state index contributed by atoms with van der Waals surface area (Å²) in [6, 6.07) is 6.73. The number of halogens is 3. The summed E-state index contributed by atoms with van der Waals surface area (Å²) in [7, 11) is -4.13. The molecule has 1 aromatic carbocycles. The van der Waals surface area contributed by atoms with Gasteiger partial charge in [-0.1, -0.05) is 30.3 Å². The molecular weight excluding hydrogens is 293 g/mol. The summed E-state index contributed by atoms with van der Waals surface area (Å²) in [5, 5.41) is 0. The zero-order valence-electron chi connectivity index (χ0n) is 10.6. The molecule has 1 fully saturated rings. The van der Waals surface area contributed by atoms with Crippen LogP contribution in [0.25, 0.3) is 0 Å². The minimum absolute atomic E-state index is 0.0236. The molecule has 1 aromatic rings. The van der Waals surface area contributed by atoms with Gasteiger partial charge in [-0.15, -0.1) is 0 Å². The molecule has 112 valence electrons. The van der Waals surface area contributed by atoms with Gasteiger partial charge in [0.2, 0.25) is 0 Å². The number of hydrogen-bond acceptors (Lipinski definition) is 2. The van der Waals surface area contributed by atoms with Gasteiger partial charge in [-0.3, -0.25) is 0 Å². The first-order valence-electron chi connectivity index (χ1n) is 6.18. The number of hydrogen-bond donors (Lipinski definition) is 1. The lowest BCUT2D eigenvalue weighted by Crippen LogP contribution is -2.48. The predicted molar refractivity (Wildman–Crippen MR) is 68.0 cm³/mol. The molecular formula is C12H15F3N2O2S. The van der Waals surface area contributed by atoms with Gasteiger partial charge in [0.25, 0.3) is 10.2 Å². The lowest BCUT2D eigenvalue weighted by Gasteiger charge is -2.25. The van der Waals surface area contributed by atoms with Gasteiger partial charge in [-0.05, 0) is 18.4 Å². The van der Waals surface area contributed by atoms with Crippen molar-refractivity contribution in [2.75, 3.05) is 6.54 Å². The molecule has 0 aromatic heterocycles. The molecule has 1 aliphatic heterocycles. The molecule has 8 heteroatoms. The fourth-order valence-corrected chi connectivity index (χ4v) is 3.65. The molecule has 2 rings (SSSR count). The molecule has 1 aliphatic rings. The molecule has 0 saturated carbocycles. The average Bonchev–Trinajstić information content (AvgIpc) is 2.88. The molecule has 1 N–H and O–H groups in total. The normalized spacial score (nSPS) is 21.2. The summed E-state index contributed by atoms with van der Waals surface area (Å²) in [5.41, 5.74) is 0.693. The summed E-state index contributed by atoms with van der Waals surface area (Å²) in [6.45, 7) is -0.126. The second kappa shape index (κ2) is 5.71. The van der Waals surface area contributed by atoms with E-state index in [-0.39, 0.29) is 25.9 Å². The zero-order chi connectivity index (χ0) is 14.8. The van der Waals surface area contributed by atoms with Crippen molar-refractivity contribution >= 4 is 10.2 Å². The molecule has 20 heavy (non-hydrogen) atoms. The molecule has 0 aliphatic carbocycles. The van der Waals surface area contributed by atoms with Crippen LogP contribution in [0.15, 0.2) is 30.3 Å². The lowest BCUT2D eigenvalue weighted by atomic mass is 10.2. The maximum atomic E-state index is 12.8. The van der Waals surface area contributed by atoms with Crippen LogP contribution in [0, 0.1) is 0 Å². The van der Waals surface area contributed by atoms with Gasteiger partial charge in [-0.2, -0.15) is 30.6 Å². The van der Waals surface area contributed by atoms with E-state index in [0.29, 0.717) is 9.87 Å². The van der Waals surface area contributed by atoms with Gasteiger partial charge in [0.1, 0.15) is 6.04 Å². The Labute approximate surface area is 115 Å². The molecule has 0 amide bonds. The standard InChI is InChI=1S/C12H15F3N2O2S/c13-12(14,15)11-7-4-8-17(11)20(18,19)16-9-10-5-2-1-3-6-10/h1-3,5-6,11,16H,4,7-9H2. The second-order valence-corrected chi connectivity index (χ2v) is 6.33. The van der Waals surface area contributed by atoms with Crippen molar-refractivity contribution in [2.24, 2.45) is 0 Å². The number of alkyl halides is 3. The average molecular weight is 308 g/mol. The van der Waals surface area contributed by atoms with Crippen molar-refractivity contribution in [3.8, 4) is 0 Å². The first kappa shape index (κ1) is 15.3. The number of rotatable bonds is 4. The van der Waals surface area contributed by atoms with E-state index in [4.69, 9.17) is 0 Å². The third-order valence-corrected chi connectivity index (χ3v) is 4.76. The summed E-state index contributed by atoms with van der Waals surface area (Å²) < 4.78 is 65.0. The van der Waals surface area contributed by atoms with Gasteiger partial charge >= 0.3 is 6.18 Å². The van der Waals surface area contributed by atoms with E-state index in [0.717, 1.165) is 0 Å². The van der Waals surface area contributed by atoms with Gasteiger partial charge in [0.15, 0.2) is 0 Å². The quantitative estimate of drug-likeness (QED) is 0.925. The van der Waals surface area contributed by atoms with Crippen molar-refractivity contribution in [3.63, 3.8) is 0 Å². The smallest absolute Gasteiger partial charge is 0.198 e. The molecule has 0 spiro atoms. The van der Waals surface area contributed by atoms with Crippen LogP contribution in [0.4, 0.5) is 13.2 Å². The minimum atomic E-state index is -4.53. The molecule has 0 radical (unpaired) electrons. The second-order valence-electron chi connectivity index (χ2n) is 4.62. The molecule has 1 saturated heterocycles. The Bertz CT molecular complexity index is 546. The Morgan fingerprint density at radius 2 is 1.90 bits per heavy atom. The maximum Gasteiger partial charge on any atom is 0.405 e. The van der Waals surface area contributed by atoms with Crippen molar-refractivity contribution in [1.29, 1.82) is 0 Å². The number of benzene rings is 1. The third kappa shape index (κ3) is 3.50. The summed E-state index contributed by atoms with van der Waals surface area (Å²) in [4.78, 5) is 0. The third-order valence-electron chi connectivity index (χ3n) is 3.19. The van der Waals surface area contributed by atoms with E-state index in [1.165, 1.54) is 0 Å². The Morgan fingerprint density at radius 1 is 1.25 bits per heavy atom. The van der Waals surface area contributed by atoms with Gasteiger partial charge in [-0.25, -0.2) is 0 Å². The first-order valence-corrected chi connectivity index (χ1v) is 7.62. The van der Waals surface area contributed by atoms with E-state index in [9.17, 15) is 21.6 Å². The fourth-order valence-electron chi connectivity index (χ4n) is 2.21. The van der Waals surface area contributed by atoms with E-state index < -0.39 is 22.4 Å². The van der Waals surface area contributed by atoms with Crippen LogP contribution in [0.2, 0.25) is 0 Å². The Kier molecular flexibility index (Phi) is 4.36. The summed E-state index contributed by atoms with van der Waals surface area (Å²) in [5.74, 6) is 0. The molecule has 4 nitrogen and oxygen atoms in total. The van der Waals surface area contributed by atoms with Crippen LogP contribution in [0.5, 0.6) is 0 Å². The highest BCUT2D eigenvalue weighted by Crippen LogP contribution is 2.33. The zero-order valence-corrected chi connectivity index (χ0v) is 11.4. The Hall–Kier alpha value is -1.12. The van der Waals surface area contributed by atoms with Crippen molar-refractivity contribution < 1.29 is 21.6 Å². The summed E-state index contributed by atoms with van der Waals surface area (Å²) >= 11 is 0. The van der Waals surface area contributed by atoms with Crippen molar-refractivity contribution in [3.05, 3.63) is 35.9 Å². The highest BCUT2D eigenvalue weighted by Gasteiger charge is 2.50. The SMILES string of the molecule is O=S(=O)(NCc1ccccc1)N1CCCC1C(F)(F)F. The number of nitrogens with one attached hydrogen (secondary N) is 1. The molecule has 1 unspecified atom stereocenters. The lowest BCUT2D eigenvalue weighted by molar-refractivity contribution is -0.165. The Morgan fingerprint density at radius 3 is 2.50 bits per heavy atom. The van der Waals surface area contributed by atoms with Gasteiger partial charge in [0.05, 0.1) is 0 Å². The fraction of sp³-hybridized carbons (Fsp3) is 0.500. The van der Waals surface area contributed by atoms with Crippen LogP contribution in [0.1, 0.15) is 18.4 Å². The monoisotopic (exact) mass is 308 g/mol. The number of nitrogens with zero attached hydrogens (tertiary/aromatic N) is 1. The minimum Gasteiger partial charge on any atom is -0.198 e. The van der Waals surface area contributed by atoms with Gasteiger partial charge in [0, 0.05) is 13.1 Å². The first-order chi connectivity index (χ1) is 9.31. The predicted octanol–water partition coefficient (Wildman–Crippen LogP) is 2.05. The van der Waals surface area contributed by atoms with Crippen LogP contribution in [-0.4, -0.2) is 31.5 Å². The molecule has 1 atom stereocenters. The van der Waals surface area contributed by atoms with E-state index in [1.54, 1.807) is 30.3 Å². The molecule has 0 bridgehead atoms. The summed E-state index contributed by atoms with van der Waals surface area (Å²) in [6.07, 6.45) is -4.50. The van der Waals surface area contributed by atoms with E-state index in [2.05, 4.69) is 4.72 Å². The van der Waals surface area contributed by atoms with Crippen LogP contribution in [0.3, 0.4) is 0 Å².